The fourth-order valence-electron chi connectivity index (χ4n) is 2.75. The van der Waals surface area contributed by atoms with Gasteiger partial charge in [-0.3, -0.25) is 4.90 Å². The first-order valence-electron chi connectivity index (χ1n) is 5.27. The molecule has 1 atom stereocenters. The Morgan fingerprint density at radius 3 is 3.08 bits per heavy atom. The summed E-state index contributed by atoms with van der Waals surface area (Å²) in [5.74, 6) is 0. The van der Waals surface area contributed by atoms with Crippen molar-refractivity contribution in [2.24, 2.45) is 0 Å². The fourth-order valence-corrected chi connectivity index (χ4v) is 2.75. The van der Waals surface area contributed by atoms with Crippen LogP contribution in [0.3, 0.4) is 0 Å². The predicted molar refractivity (Wildman–Crippen MR) is 53.4 cm³/mol. The summed E-state index contributed by atoms with van der Waals surface area (Å²) in [6, 6.07) is 9.69. The van der Waals surface area contributed by atoms with Gasteiger partial charge in [-0.15, -0.1) is 0 Å². The third kappa shape index (κ3) is 1.11. The zero-order valence-corrected chi connectivity index (χ0v) is 7.87. The average molecular weight is 173 g/mol. The SMILES string of the molecule is c1ccc2c(c1)CN1CCCCC21. The molecule has 1 saturated heterocycles. The first kappa shape index (κ1) is 7.57. The maximum absolute atomic E-state index is 2.63. The van der Waals surface area contributed by atoms with Crippen molar-refractivity contribution >= 4 is 0 Å². The molecule has 1 heteroatoms. The van der Waals surface area contributed by atoms with Gasteiger partial charge < -0.3 is 0 Å². The van der Waals surface area contributed by atoms with E-state index in [1.807, 2.05) is 0 Å². The maximum Gasteiger partial charge on any atom is 0.0354 e. The molecule has 0 spiro atoms. The molecule has 1 nitrogen and oxygen atoms in total. The van der Waals surface area contributed by atoms with Crippen LogP contribution >= 0.6 is 0 Å². The molecular weight excluding hydrogens is 158 g/mol. The number of fused-ring (bicyclic) bond motifs is 3. The zero-order valence-electron chi connectivity index (χ0n) is 7.87. The lowest BCUT2D eigenvalue weighted by Gasteiger charge is -2.29. The van der Waals surface area contributed by atoms with Crippen LogP contribution in [0.4, 0.5) is 0 Å². The lowest BCUT2D eigenvalue weighted by Crippen LogP contribution is -2.27. The molecule has 68 valence electrons. The van der Waals surface area contributed by atoms with Gasteiger partial charge in [0.2, 0.25) is 0 Å². The molecule has 2 aliphatic heterocycles. The van der Waals surface area contributed by atoms with Gasteiger partial charge in [-0.2, -0.15) is 0 Å². The van der Waals surface area contributed by atoms with Crippen molar-refractivity contribution < 1.29 is 0 Å². The number of benzene rings is 1. The summed E-state index contributed by atoms with van der Waals surface area (Å²) >= 11 is 0. The van der Waals surface area contributed by atoms with Crippen LogP contribution < -0.4 is 0 Å². The van der Waals surface area contributed by atoms with E-state index >= 15 is 0 Å². The molecule has 1 fully saturated rings. The van der Waals surface area contributed by atoms with Crippen molar-refractivity contribution in [2.45, 2.75) is 31.8 Å². The van der Waals surface area contributed by atoms with Gasteiger partial charge in [0.1, 0.15) is 0 Å². The highest BCUT2D eigenvalue weighted by molar-refractivity contribution is 5.34. The van der Waals surface area contributed by atoms with E-state index in [1.54, 1.807) is 11.1 Å². The topological polar surface area (TPSA) is 3.24 Å². The van der Waals surface area contributed by atoms with Crippen molar-refractivity contribution in [2.75, 3.05) is 6.54 Å². The lowest BCUT2D eigenvalue weighted by molar-refractivity contribution is 0.164. The molecular formula is C12H15N. The third-order valence-corrected chi connectivity index (χ3v) is 3.40. The van der Waals surface area contributed by atoms with Crippen LogP contribution in [0.15, 0.2) is 24.3 Å². The Labute approximate surface area is 79.4 Å². The van der Waals surface area contributed by atoms with Crippen molar-refractivity contribution in [3.63, 3.8) is 0 Å². The maximum atomic E-state index is 2.63. The van der Waals surface area contributed by atoms with Crippen LogP contribution in [0.5, 0.6) is 0 Å². The molecule has 0 bridgehead atoms. The van der Waals surface area contributed by atoms with E-state index in [2.05, 4.69) is 29.2 Å². The molecule has 13 heavy (non-hydrogen) atoms. The van der Waals surface area contributed by atoms with Gasteiger partial charge >= 0.3 is 0 Å². The summed E-state index contributed by atoms with van der Waals surface area (Å²) in [7, 11) is 0. The van der Waals surface area contributed by atoms with Gasteiger partial charge in [0, 0.05) is 12.6 Å². The van der Waals surface area contributed by atoms with E-state index < -0.39 is 0 Å². The zero-order chi connectivity index (χ0) is 8.67. The molecule has 2 aliphatic rings. The molecule has 0 amide bonds. The van der Waals surface area contributed by atoms with Gasteiger partial charge in [0.15, 0.2) is 0 Å². The van der Waals surface area contributed by atoms with Crippen LogP contribution in [0.2, 0.25) is 0 Å². The second kappa shape index (κ2) is 2.85. The quantitative estimate of drug-likeness (QED) is 0.583. The minimum absolute atomic E-state index is 0.755. The molecule has 1 aromatic rings. The van der Waals surface area contributed by atoms with E-state index in [1.165, 1.54) is 32.4 Å². The summed E-state index contributed by atoms with van der Waals surface area (Å²) < 4.78 is 0. The summed E-state index contributed by atoms with van der Waals surface area (Å²) in [5, 5.41) is 0. The Morgan fingerprint density at radius 2 is 2.08 bits per heavy atom. The van der Waals surface area contributed by atoms with Gasteiger partial charge in [-0.05, 0) is 30.5 Å². The number of rotatable bonds is 0. The van der Waals surface area contributed by atoms with Crippen molar-refractivity contribution in [1.29, 1.82) is 0 Å². The Morgan fingerprint density at radius 1 is 1.15 bits per heavy atom. The third-order valence-electron chi connectivity index (χ3n) is 3.40. The van der Waals surface area contributed by atoms with Crippen molar-refractivity contribution in [3.05, 3.63) is 35.4 Å². The summed E-state index contributed by atoms with van der Waals surface area (Å²) in [6.45, 7) is 2.50. The number of hydrogen-bond acceptors (Lipinski definition) is 1. The molecule has 1 unspecified atom stereocenters. The summed E-state index contributed by atoms with van der Waals surface area (Å²) in [4.78, 5) is 2.63. The van der Waals surface area contributed by atoms with Gasteiger partial charge in [0.25, 0.3) is 0 Å². The van der Waals surface area contributed by atoms with Crippen molar-refractivity contribution in [3.8, 4) is 0 Å². The van der Waals surface area contributed by atoms with Crippen molar-refractivity contribution in [1.82, 2.24) is 4.90 Å². The molecule has 2 heterocycles. The monoisotopic (exact) mass is 173 g/mol. The molecule has 0 saturated carbocycles. The fraction of sp³-hybridized carbons (Fsp3) is 0.500. The van der Waals surface area contributed by atoms with Gasteiger partial charge in [-0.25, -0.2) is 0 Å². The molecule has 1 aromatic carbocycles. The highest BCUT2D eigenvalue weighted by Crippen LogP contribution is 2.39. The van der Waals surface area contributed by atoms with Gasteiger partial charge in [0.05, 0.1) is 0 Å². The first-order chi connectivity index (χ1) is 6.45. The number of nitrogens with zero attached hydrogens (tertiary/aromatic N) is 1. The molecule has 0 N–H and O–H groups in total. The second-order valence-electron chi connectivity index (χ2n) is 4.18. The molecule has 0 aromatic heterocycles. The van der Waals surface area contributed by atoms with Crippen LogP contribution in [0.1, 0.15) is 36.4 Å². The Kier molecular flexibility index (Phi) is 1.66. The van der Waals surface area contributed by atoms with E-state index in [0.717, 1.165) is 6.04 Å². The standard InChI is InChI=1S/C12H15N/c1-2-6-11-10(5-1)9-13-8-4-3-7-12(11)13/h1-2,5-6,12H,3-4,7-9H2. The van der Waals surface area contributed by atoms with E-state index in [9.17, 15) is 0 Å². The van der Waals surface area contributed by atoms with Crippen LogP contribution in [0, 0.1) is 0 Å². The van der Waals surface area contributed by atoms with E-state index in [-0.39, 0.29) is 0 Å². The number of piperidine rings is 1. The second-order valence-corrected chi connectivity index (χ2v) is 4.18. The highest BCUT2D eigenvalue weighted by atomic mass is 15.2. The molecule has 3 rings (SSSR count). The van der Waals surface area contributed by atoms with Crippen LogP contribution in [-0.2, 0) is 6.54 Å². The first-order valence-corrected chi connectivity index (χ1v) is 5.27. The average Bonchev–Trinajstić information content (AvgIpc) is 2.56. The summed E-state index contributed by atoms with van der Waals surface area (Å²) in [6.07, 6.45) is 4.18. The number of hydrogen-bond donors (Lipinski definition) is 0. The van der Waals surface area contributed by atoms with Gasteiger partial charge in [-0.1, -0.05) is 30.7 Å². The molecule has 0 radical (unpaired) electrons. The van der Waals surface area contributed by atoms with Crippen LogP contribution in [0.25, 0.3) is 0 Å². The van der Waals surface area contributed by atoms with E-state index in [0.29, 0.717) is 0 Å². The minimum Gasteiger partial charge on any atom is -0.292 e. The van der Waals surface area contributed by atoms with E-state index in [4.69, 9.17) is 0 Å². The van der Waals surface area contributed by atoms with Crippen LogP contribution in [-0.4, -0.2) is 11.4 Å². The Hall–Kier alpha value is -0.820. The smallest absolute Gasteiger partial charge is 0.0354 e. The predicted octanol–water partition coefficient (Wildman–Crippen LogP) is 2.73. The minimum atomic E-state index is 0.755. The normalized spacial score (nSPS) is 26.9. The molecule has 0 aliphatic carbocycles. The Balaban J connectivity index is 2.01. The summed E-state index contributed by atoms with van der Waals surface area (Å²) in [5.41, 5.74) is 3.16. The largest absolute Gasteiger partial charge is 0.292 e. The lowest BCUT2D eigenvalue weighted by atomic mass is 9.98. The highest BCUT2D eigenvalue weighted by Gasteiger charge is 2.30. The Bertz CT molecular complexity index is 319.